The number of rotatable bonds is 6. The Hall–Kier alpha value is -3.48. The number of aromatic nitrogens is 2. The topological polar surface area (TPSA) is 84.1 Å². The van der Waals surface area contributed by atoms with E-state index in [1.807, 2.05) is 0 Å². The van der Waals surface area contributed by atoms with Gasteiger partial charge in [-0.25, -0.2) is 9.37 Å². The molecule has 2 aromatic carbocycles. The minimum atomic E-state index is -0.493. The van der Waals surface area contributed by atoms with Crippen molar-refractivity contribution in [3.05, 3.63) is 93.4 Å². The molecule has 0 saturated carbocycles. The smallest absolute Gasteiger partial charge is 0.251 e. The first kappa shape index (κ1) is 19.3. The van der Waals surface area contributed by atoms with Crippen LogP contribution < -0.4 is 15.6 Å². The van der Waals surface area contributed by atoms with Gasteiger partial charge in [0, 0.05) is 18.1 Å². The van der Waals surface area contributed by atoms with Crippen molar-refractivity contribution in [3.63, 3.8) is 0 Å². The number of aryl methyl sites for hydroxylation is 1. The molecule has 1 heterocycles. The van der Waals surface area contributed by atoms with Crippen LogP contribution >= 0.6 is 0 Å². The summed E-state index contributed by atoms with van der Waals surface area (Å²) >= 11 is 0. The Morgan fingerprint density at radius 2 is 1.96 bits per heavy atom. The van der Waals surface area contributed by atoms with Crippen LogP contribution in [0.3, 0.4) is 0 Å². The third-order valence-corrected chi connectivity index (χ3v) is 4.24. The minimum Gasteiger partial charge on any atom is -0.497 e. The molecule has 1 aromatic heterocycles. The maximum Gasteiger partial charge on any atom is 0.251 e. The van der Waals surface area contributed by atoms with Crippen LogP contribution in [0.15, 0.2) is 59.4 Å². The third kappa shape index (κ3) is 4.82. The summed E-state index contributed by atoms with van der Waals surface area (Å²) in [6.45, 7) is 1.69. The summed E-state index contributed by atoms with van der Waals surface area (Å²) in [5.74, 6) is 0.374. The van der Waals surface area contributed by atoms with Gasteiger partial charge in [0.05, 0.1) is 18.8 Å². The average Bonchev–Trinajstić information content (AvgIpc) is 2.67. The van der Waals surface area contributed by atoms with Gasteiger partial charge in [0.15, 0.2) is 0 Å². The first-order valence-corrected chi connectivity index (χ1v) is 8.72. The van der Waals surface area contributed by atoms with Crippen molar-refractivity contribution in [1.82, 2.24) is 15.3 Å². The van der Waals surface area contributed by atoms with Gasteiger partial charge in [-0.15, -0.1) is 0 Å². The highest BCUT2D eigenvalue weighted by molar-refractivity contribution is 5.94. The van der Waals surface area contributed by atoms with Crippen LogP contribution in [-0.2, 0) is 6.42 Å². The fraction of sp³-hybridized carbons (Fsp3) is 0.190. The van der Waals surface area contributed by atoms with Gasteiger partial charge in [0.25, 0.3) is 11.5 Å². The second-order valence-electron chi connectivity index (χ2n) is 6.34. The maximum atomic E-state index is 13.3. The number of amides is 1. The molecule has 1 atom stereocenters. The lowest BCUT2D eigenvalue weighted by atomic mass is 10.0. The Morgan fingerprint density at radius 3 is 2.64 bits per heavy atom. The molecular formula is C21H20FN3O3. The van der Waals surface area contributed by atoms with E-state index in [4.69, 9.17) is 4.74 Å². The number of H-pyrrole nitrogens is 1. The van der Waals surface area contributed by atoms with Crippen LogP contribution in [-0.4, -0.2) is 23.0 Å². The summed E-state index contributed by atoms with van der Waals surface area (Å²) in [6.07, 6.45) is 0.284. The van der Waals surface area contributed by atoms with E-state index in [1.165, 1.54) is 25.3 Å². The molecule has 0 bridgehead atoms. The molecule has 0 aliphatic rings. The molecule has 28 heavy (non-hydrogen) atoms. The zero-order chi connectivity index (χ0) is 20.1. The van der Waals surface area contributed by atoms with E-state index in [0.29, 0.717) is 28.4 Å². The van der Waals surface area contributed by atoms with Crippen molar-refractivity contribution in [1.29, 1.82) is 0 Å². The molecule has 0 fully saturated rings. The summed E-state index contributed by atoms with van der Waals surface area (Å²) < 4.78 is 18.5. The third-order valence-electron chi connectivity index (χ3n) is 4.24. The standard InChI is InChI=1S/C21H20FN3O3/c1-13-23-17(12-20(26)24-13)11-19(14-6-8-16(22)9-7-14)25-21(27)15-4-3-5-18(10-15)28-2/h3-10,12,19H,11H2,1-2H3,(H,25,27)(H,23,24,26)/t19-/m0/s1. The number of methoxy groups -OCH3 is 1. The van der Waals surface area contributed by atoms with Crippen molar-refractivity contribution in [2.75, 3.05) is 7.11 Å². The lowest BCUT2D eigenvalue weighted by molar-refractivity contribution is 0.0936. The second-order valence-corrected chi connectivity index (χ2v) is 6.34. The van der Waals surface area contributed by atoms with E-state index < -0.39 is 6.04 Å². The molecule has 0 spiro atoms. The molecule has 7 heteroatoms. The number of carbonyl (C=O) groups excluding carboxylic acids is 1. The average molecular weight is 381 g/mol. The van der Waals surface area contributed by atoms with E-state index in [9.17, 15) is 14.0 Å². The quantitative estimate of drug-likeness (QED) is 0.688. The van der Waals surface area contributed by atoms with E-state index >= 15 is 0 Å². The predicted octanol–water partition coefficient (Wildman–Crippen LogP) is 2.94. The van der Waals surface area contributed by atoms with E-state index in [2.05, 4.69) is 15.3 Å². The SMILES string of the molecule is COc1cccc(C(=O)N[C@@H](Cc2cc(=O)[nH]c(C)n2)c2ccc(F)cc2)c1. The van der Waals surface area contributed by atoms with Gasteiger partial charge >= 0.3 is 0 Å². The van der Waals surface area contributed by atoms with Crippen molar-refractivity contribution in [2.24, 2.45) is 0 Å². The lowest BCUT2D eigenvalue weighted by Gasteiger charge is -2.19. The molecule has 0 unspecified atom stereocenters. The van der Waals surface area contributed by atoms with E-state index in [0.717, 1.165) is 0 Å². The van der Waals surface area contributed by atoms with Gasteiger partial charge in [0.2, 0.25) is 0 Å². The number of hydrogen-bond acceptors (Lipinski definition) is 4. The Balaban J connectivity index is 1.90. The number of benzene rings is 2. The molecule has 0 saturated heterocycles. The normalized spacial score (nSPS) is 11.7. The molecule has 3 rings (SSSR count). The zero-order valence-electron chi connectivity index (χ0n) is 15.5. The van der Waals surface area contributed by atoms with Crippen LogP contribution in [0.2, 0.25) is 0 Å². The van der Waals surface area contributed by atoms with Crippen LogP contribution in [0.5, 0.6) is 5.75 Å². The highest BCUT2D eigenvalue weighted by Gasteiger charge is 2.18. The fourth-order valence-corrected chi connectivity index (χ4v) is 2.91. The summed E-state index contributed by atoms with van der Waals surface area (Å²) in [4.78, 5) is 31.4. The Morgan fingerprint density at radius 1 is 1.21 bits per heavy atom. The molecule has 6 nitrogen and oxygen atoms in total. The number of halogens is 1. The Kier molecular flexibility index (Phi) is 5.84. The maximum absolute atomic E-state index is 13.3. The van der Waals surface area contributed by atoms with Crippen LogP contribution in [0, 0.1) is 12.7 Å². The summed E-state index contributed by atoms with van der Waals surface area (Å²) in [5, 5.41) is 2.94. The number of aromatic amines is 1. The van der Waals surface area contributed by atoms with Gasteiger partial charge in [-0.1, -0.05) is 18.2 Å². The highest BCUT2D eigenvalue weighted by Crippen LogP contribution is 2.20. The molecule has 0 aliphatic heterocycles. The summed E-state index contributed by atoms with van der Waals surface area (Å²) in [7, 11) is 1.53. The number of carbonyl (C=O) groups is 1. The largest absolute Gasteiger partial charge is 0.497 e. The minimum absolute atomic E-state index is 0.264. The molecule has 1 amide bonds. The first-order chi connectivity index (χ1) is 13.4. The van der Waals surface area contributed by atoms with Crippen molar-refractivity contribution < 1.29 is 13.9 Å². The van der Waals surface area contributed by atoms with Crippen molar-refractivity contribution in [2.45, 2.75) is 19.4 Å². The van der Waals surface area contributed by atoms with Gasteiger partial charge in [-0.05, 0) is 42.8 Å². The summed E-state index contributed by atoms with van der Waals surface area (Å²) in [5.41, 5.74) is 1.40. The van der Waals surface area contributed by atoms with Gasteiger partial charge in [0.1, 0.15) is 17.4 Å². The molecule has 2 N–H and O–H groups in total. The first-order valence-electron chi connectivity index (χ1n) is 8.72. The number of hydrogen-bond donors (Lipinski definition) is 2. The molecular weight excluding hydrogens is 361 g/mol. The van der Waals surface area contributed by atoms with Gasteiger partial charge in [-0.3, -0.25) is 9.59 Å². The van der Waals surface area contributed by atoms with Gasteiger partial charge < -0.3 is 15.0 Å². The van der Waals surface area contributed by atoms with E-state index in [-0.39, 0.29) is 23.7 Å². The molecule has 3 aromatic rings. The lowest BCUT2D eigenvalue weighted by Crippen LogP contribution is -2.30. The van der Waals surface area contributed by atoms with E-state index in [1.54, 1.807) is 43.3 Å². The monoisotopic (exact) mass is 381 g/mol. The van der Waals surface area contributed by atoms with Crippen LogP contribution in [0.25, 0.3) is 0 Å². The zero-order valence-corrected chi connectivity index (χ0v) is 15.5. The highest BCUT2D eigenvalue weighted by atomic mass is 19.1. The van der Waals surface area contributed by atoms with Crippen molar-refractivity contribution >= 4 is 5.91 Å². The Labute approximate surface area is 161 Å². The fourth-order valence-electron chi connectivity index (χ4n) is 2.91. The molecule has 0 radical (unpaired) electrons. The van der Waals surface area contributed by atoms with Gasteiger partial charge in [-0.2, -0.15) is 0 Å². The molecule has 144 valence electrons. The number of nitrogens with one attached hydrogen (secondary N) is 2. The Bertz CT molecular complexity index is 1030. The van der Waals surface area contributed by atoms with Crippen LogP contribution in [0.4, 0.5) is 4.39 Å². The predicted molar refractivity (Wildman–Crippen MR) is 103 cm³/mol. The van der Waals surface area contributed by atoms with Crippen molar-refractivity contribution in [3.8, 4) is 5.75 Å². The van der Waals surface area contributed by atoms with Crippen LogP contribution in [0.1, 0.15) is 33.5 Å². The number of ether oxygens (including phenoxy) is 1. The second kappa shape index (κ2) is 8.47. The summed E-state index contributed by atoms with van der Waals surface area (Å²) in [6, 6.07) is 13.5. The molecule has 0 aliphatic carbocycles. The number of nitrogens with zero attached hydrogens (tertiary/aromatic N) is 1.